The number of anilines is 1. The van der Waals surface area contributed by atoms with Crippen molar-refractivity contribution in [3.63, 3.8) is 0 Å². The van der Waals surface area contributed by atoms with Gasteiger partial charge >= 0.3 is 5.97 Å². The van der Waals surface area contributed by atoms with Gasteiger partial charge < -0.3 is 10.0 Å². The average Bonchev–Trinajstić information content (AvgIpc) is 3.02. The number of hydrogen-bond acceptors (Lipinski definition) is 5. The lowest BCUT2D eigenvalue weighted by Gasteiger charge is -2.21. The average molecular weight is 327 g/mol. The predicted octanol–water partition coefficient (Wildman–Crippen LogP) is 1.02. The molecule has 0 saturated carbocycles. The SMILES string of the molecule is CC(CN(C)c1cc(S(=O)(=O)N2CCCC2)ccn1)C(=O)O. The topological polar surface area (TPSA) is 90.8 Å². The Morgan fingerprint density at radius 2 is 2.09 bits per heavy atom. The van der Waals surface area contributed by atoms with Crippen LogP contribution in [0.25, 0.3) is 0 Å². The van der Waals surface area contributed by atoms with E-state index >= 15 is 0 Å². The van der Waals surface area contributed by atoms with E-state index in [4.69, 9.17) is 5.11 Å². The third-order valence-electron chi connectivity index (χ3n) is 3.78. The van der Waals surface area contributed by atoms with Crippen LogP contribution >= 0.6 is 0 Å². The van der Waals surface area contributed by atoms with E-state index < -0.39 is 21.9 Å². The van der Waals surface area contributed by atoms with Gasteiger partial charge in [0.15, 0.2) is 0 Å². The minimum atomic E-state index is -3.49. The van der Waals surface area contributed by atoms with E-state index in [-0.39, 0.29) is 11.4 Å². The highest BCUT2D eigenvalue weighted by Gasteiger charge is 2.27. The third kappa shape index (κ3) is 3.56. The molecule has 1 aliphatic rings. The summed E-state index contributed by atoms with van der Waals surface area (Å²) >= 11 is 0. The molecule has 1 aromatic heterocycles. The molecule has 8 heteroatoms. The lowest BCUT2D eigenvalue weighted by molar-refractivity contribution is -0.140. The van der Waals surface area contributed by atoms with Crippen LogP contribution in [0.15, 0.2) is 23.2 Å². The standard InChI is InChI=1S/C14H21N3O4S/c1-11(14(18)19)10-16(2)13-9-12(5-6-15-13)22(20,21)17-7-3-4-8-17/h5-6,9,11H,3-4,7-8,10H2,1-2H3,(H,18,19). The number of aliphatic carboxylic acids is 1. The number of hydrogen-bond donors (Lipinski definition) is 1. The minimum Gasteiger partial charge on any atom is -0.481 e. The molecule has 1 aliphatic heterocycles. The Bertz CT molecular complexity index is 641. The molecule has 1 N–H and O–H groups in total. The number of sulfonamides is 1. The molecule has 0 amide bonds. The van der Waals surface area contributed by atoms with Gasteiger partial charge in [-0.25, -0.2) is 13.4 Å². The van der Waals surface area contributed by atoms with Gasteiger partial charge in [0.25, 0.3) is 0 Å². The molecule has 0 aromatic carbocycles. The molecule has 0 bridgehead atoms. The number of nitrogens with zero attached hydrogens (tertiary/aromatic N) is 3. The Labute approximate surface area is 130 Å². The van der Waals surface area contributed by atoms with Crippen molar-refractivity contribution in [1.29, 1.82) is 0 Å². The quantitative estimate of drug-likeness (QED) is 0.839. The normalized spacial score (nSPS) is 17.4. The Morgan fingerprint density at radius 1 is 1.45 bits per heavy atom. The fourth-order valence-electron chi connectivity index (χ4n) is 2.43. The zero-order chi connectivity index (χ0) is 16.3. The third-order valence-corrected chi connectivity index (χ3v) is 5.67. The van der Waals surface area contributed by atoms with Crippen LogP contribution in [0.5, 0.6) is 0 Å². The smallest absolute Gasteiger partial charge is 0.308 e. The van der Waals surface area contributed by atoms with Gasteiger partial charge in [0.05, 0.1) is 10.8 Å². The van der Waals surface area contributed by atoms with Gasteiger partial charge in [0.2, 0.25) is 10.0 Å². The second-order valence-electron chi connectivity index (χ2n) is 5.58. The van der Waals surface area contributed by atoms with Gasteiger partial charge in [-0.1, -0.05) is 6.92 Å². The van der Waals surface area contributed by atoms with Crippen LogP contribution in [-0.4, -0.2) is 55.5 Å². The molecule has 7 nitrogen and oxygen atoms in total. The molecule has 22 heavy (non-hydrogen) atoms. The lowest BCUT2D eigenvalue weighted by Crippen LogP contribution is -2.30. The summed E-state index contributed by atoms with van der Waals surface area (Å²) in [7, 11) is -1.79. The van der Waals surface area contributed by atoms with Crippen molar-refractivity contribution >= 4 is 21.8 Å². The highest BCUT2D eigenvalue weighted by atomic mass is 32.2. The van der Waals surface area contributed by atoms with Crippen LogP contribution in [0.2, 0.25) is 0 Å². The fraction of sp³-hybridized carbons (Fsp3) is 0.571. The summed E-state index contributed by atoms with van der Waals surface area (Å²) in [6.45, 7) is 2.96. The first kappa shape index (κ1) is 16.7. The Hall–Kier alpha value is -1.67. The summed E-state index contributed by atoms with van der Waals surface area (Å²) in [6.07, 6.45) is 3.21. The van der Waals surface area contributed by atoms with Crippen LogP contribution in [0.3, 0.4) is 0 Å². The van der Waals surface area contributed by atoms with Crippen molar-refractivity contribution in [1.82, 2.24) is 9.29 Å². The van der Waals surface area contributed by atoms with Crippen molar-refractivity contribution in [3.8, 4) is 0 Å². The van der Waals surface area contributed by atoms with Crippen LogP contribution in [0.1, 0.15) is 19.8 Å². The van der Waals surface area contributed by atoms with E-state index in [1.807, 2.05) is 0 Å². The highest BCUT2D eigenvalue weighted by Crippen LogP contribution is 2.23. The van der Waals surface area contributed by atoms with E-state index in [0.717, 1.165) is 12.8 Å². The van der Waals surface area contributed by atoms with E-state index in [0.29, 0.717) is 18.9 Å². The molecule has 1 aromatic rings. The number of carboxylic acid groups (broad SMARTS) is 1. The number of pyridine rings is 1. The maximum Gasteiger partial charge on any atom is 0.308 e. The monoisotopic (exact) mass is 327 g/mol. The number of carboxylic acids is 1. The number of carbonyl (C=O) groups is 1. The Kier molecular flexibility index (Phi) is 5.02. The first-order valence-corrected chi connectivity index (χ1v) is 8.66. The molecule has 1 unspecified atom stereocenters. The van der Waals surface area contributed by atoms with E-state index in [9.17, 15) is 13.2 Å². The van der Waals surface area contributed by atoms with Gasteiger partial charge in [0, 0.05) is 38.9 Å². The summed E-state index contributed by atoms with van der Waals surface area (Å²) in [5.74, 6) is -1.01. The van der Waals surface area contributed by atoms with E-state index in [2.05, 4.69) is 4.98 Å². The summed E-state index contributed by atoms with van der Waals surface area (Å²) in [5.41, 5.74) is 0. The summed E-state index contributed by atoms with van der Waals surface area (Å²) < 4.78 is 26.5. The molecule has 2 heterocycles. The first-order chi connectivity index (χ1) is 10.3. The van der Waals surface area contributed by atoms with E-state index in [1.54, 1.807) is 18.9 Å². The highest BCUT2D eigenvalue weighted by molar-refractivity contribution is 7.89. The molecule has 1 fully saturated rings. The molecule has 1 saturated heterocycles. The molecule has 1 atom stereocenters. The van der Waals surface area contributed by atoms with Gasteiger partial charge in [-0.3, -0.25) is 4.79 Å². The van der Waals surface area contributed by atoms with Crippen LogP contribution < -0.4 is 4.90 Å². The molecule has 0 spiro atoms. The summed E-state index contributed by atoms with van der Waals surface area (Å²) in [4.78, 5) is 16.9. The second kappa shape index (κ2) is 6.62. The zero-order valence-corrected chi connectivity index (χ0v) is 13.6. The summed E-state index contributed by atoms with van der Waals surface area (Å²) in [5, 5.41) is 8.96. The van der Waals surface area contributed by atoms with Crippen molar-refractivity contribution < 1.29 is 18.3 Å². The zero-order valence-electron chi connectivity index (χ0n) is 12.8. The Morgan fingerprint density at radius 3 is 2.68 bits per heavy atom. The van der Waals surface area contributed by atoms with Crippen molar-refractivity contribution in [2.45, 2.75) is 24.7 Å². The van der Waals surface area contributed by atoms with Gasteiger partial charge in [0.1, 0.15) is 5.82 Å². The fourth-order valence-corrected chi connectivity index (χ4v) is 3.95. The van der Waals surface area contributed by atoms with Gasteiger partial charge in [-0.2, -0.15) is 4.31 Å². The van der Waals surface area contributed by atoms with Crippen LogP contribution in [0.4, 0.5) is 5.82 Å². The van der Waals surface area contributed by atoms with Crippen molar-refractivity contribution in [2.75, 3.05) is 31.6 Å². The van der Waals surface area contributed by atoms with Crippen LogP contribution in [-0.2, 0) is 14.8 Å². The maximum absolute atomic E-state index is 12.5. The van der Waals surface area contributed by atoms with E-state index in [1.165, 1.54) is 22.6 Å². The predicted molar refractivity (Wildman–Crippen MR) is 82.3 cm³/mol. The minimum absolute atomic E-state index is 0.203. The van der Waals surface area contributed by atoms with Crippen molar-refractivity contribution in [2.24, 2.45) is 5.92 Å². The summed E-state index contributed by atoms with van der Waals surface area (Å²) in [6, 6.07) is 2.98. The van der Waals surface area contributed by atoms with Gasteiger partial charge in [-0.05, 0) is 18.9 Å². The Balaban J connectivity index is 2.21. The van der Waals surface area contributed by atoms with Gasteiger partial charge in [-0.15, -0.1) is 0 Å². The molecule has 2 rings (SSSR count). The maximum atomic E-state index is 12.5. The molecule has 122 valence electrons. The van der Waals surface area contributed by atoms with Crippen LogP contribution in [0, 0.1) is 5.92 Å². The molecule has 0 radical (unpaired) electrons. The molecule has 0 aliphatic carbocycles. The lowest BCUT2D eigenvalue weighted by atomic mass is 10.2. The molecular formula is C14H21N3O4S. The number of rotatable bonds is 6. The molecular weight excluding hydrogens is 306 g/mol. The second-order valence-corrected chi connectivity index (χ2v) is 7.52. The largest absolute Gasteiger partial charge is 0.481 e. The van der Waals surface area contributed by atoms with Crippen molar-refractivity contribution in [3.05, 3.63) is 18.3 Å². The first-order valence-electron chi connectivity index (χ1n) is 7.22. The number of aromatic nitrogens is 1.